The highest BCUT2D eigenvalue weighted by atomic mass is 32.2. The Morgan fingerprint density at radius 2 is 1.76 bits per heavy atom. The van der Waals surface area contributed by atoms with Crippen LogP contribution in [0.1, 0.15) is 31.1 Å². The molecule has 0 aliphatic heterocycles. The van der Waals surface area contributed by atoms with Gasteiger partial charge < -0.3 is 14.8 Å². The number of ether oxygens (including phenoxy) is 2. The third-order valence-corrected chi connectivity index (χ3v) is 5.06. The van der Waals surface area contributed by atoms with Crippen LogP contribution in [0.2, 0.25) is 0 Å². The van der Waals surface area contributed by atoms with Gasteiger partial charge in [0.15, 0.2) is 12.4 Å². The second-order valence-corrected chi connectivity index (χ2v) is 8.33. The smallest absolute Gasteiger partial charge is 0.339 e. The van der Waals surface area contributed by atoms with E-state index in [1.54, 1.807) is 76.4 Å². The van der Waals surface area contributed by atoms with Crippen molar-refractivity contribution in [1.29, 1.82) is 0 Å². The maximum atomic E-state index is 12.4. The van der Waals surface area contributed by atoms with Crippen molar-refractivity contribution in [3.05, 3.63) is 54.1 Å². The lowest BCUT2D eigenvalue weighted by Gasteiger charge is -2.16. The van der Waals surface area contributed by atoms with Gasteiger partial charge in [-0.25, -0.2) is 4.79 Å². The predicted molar refractivity (Wildman–Crippen MR) is 114 cm³/mol. The summed E-state index contributed by atoms with van der Waals surface area (Å²) in [6.45, 7) is 5.04. The first-order valence-electron chi connectivity index (χ1n) is 9.07. The maximum absolute atomic E-state index is 12.4. The number of methoxy groups -OCH3 is 1. The summed E-state index contributed by atoms with van der Waals surface area (Å²) < 4.78 is 10.3. The van der Waals surface area contributed by atoms with E-state index in [0.717, 1.165) is 0 Å². The van der Waals surface area contributed by atoms with Crippen molar-refractivity contribution in [1.82, 2.24) is 0 Å². The van der Waals surface area contributed by atoms with Gasteiger partial charge in [-0.15, -0.1) is 11.8 Å². The van der Waals surface area contributed by atoms with Gasteiger partial charge in [0.25, 0.3) is 0 Å². The fourth-order valence-corrected chi connectivity index (χ4v) is 3.07. The fraction of sp³-hybridized carbons (Fsp3) is 0.318. The van der Waals surface area contributed by atoms with Crippen LogP contribution in [-0.2, 0) is 14.3 Å². The molecule has 2 aromatic carbocycles. The molecule has 0 saturated carbocycles. The van der Waals surface area contributed by atoms with Crippen molar-refractivity contribution < 1.29 is 23.9 Å². The Morgan fingerprint density at radius 3 is 2.45 bits per heavy atom. The Morgan fingerprint density at radius 1 is 1.03 bits per heavy atom. The second kappa shape index (κ2) is 10.1. The Kier molecular flexibility index (Phi) is 7.84. The maximum Gasteiger partial charge on any atom is 0.339 e. The van der Waals surface area contributed by atoms with Crippen LogP contribution in [0.3, 0.4) is 0 Å². The lowest BCUT2D eigenvalue weighted by Crippen LogP contribution is -2.26. The van der Waals surface area contributed by atoms with Gasteiger partial charge in [0.05, 0.1) is 18.4 Å². The lowest BCUT2D eigenvalue weighted by molar-refractivity contribution is -0.129. The van der Waals surface area contributed by atoms with Crippen molar-refractivity contribution in [3.63, 3.8) is 0 Å². The van der Waals surface area contributed by atoms with Gasteiger partial charge in [-0.2, -0.15) is 0 Å². The molecule has 6 nitrogen and oxygen atoms in total. The Bertz CT molecular complexity index is 889. The zero-order chi connectivity index (χ0) is 21.4. The molecule has 1 N–H and O–H groups in total. The van der Waals surface area contributed by atoms with Gasteiger partial charge in [-0.1, -0.05) is 39.0 Å². The summed E-state index contributed by atoms with van der Waals surface area (Å²) in [5, 5.41) is 2.79. The van der Waals surface area contributed by atoms with E-state index >= 15 is 0 Å². The first-order chi connectivity index (χ1) is 13.7. The molecule has 0 aromatic heterocycles. The fourth-order valence-electron chi connectivity index (χ4n) is 2.23. The standard InChI is InChI=1S/C22H25NO5S/c1-22(2,3)19(24)13-28-21(26)17-10-5-6-11-18(17)29-14-20(25)23-15-8-7-9-16(12-15)27-4/h5-12H,13-14H2,1-4H3,(H,23,25). The molecule has 0 fully saturated rings. The van der Waals surface area contributed by atoms with E-state index in [4.69, 9.17) is 9.47 Å². The molecular formula is C22H25NO5S. The van der Waals surface area contributed by atoms with Gasteiger partial charge in [0.1, 0.15) is 5.75 Å². The number of benzene rings is 2. The summed E-state index contributed by atoms with van der Waals surface area (Å²) in [6.07, 6.45) is 0. The average molecular weight is 416 g/mol. The molecule has 1 amide bonds. The molecule has 0 bridgehead atoms. The van der Waals surface area contributed by atoms with E-state index in [-0.39, 0.29) is 24.1 Å². The van der Waals surface area contributed by atoms with Crippen molar-refractivity contribution in [2.45, 2.75) is 25.7 Å². The van der Waals surface area contributed by atoms with E-state index in [9.17, 15) is 14.4 Å². The normalized spacial score (nSPS) is 10.9. The van der Waals surface area contributed by atoms with Crippen molar-refractivity contribution in [2.24, 2.45) is 5.41 Å². The SMILES string of the molecule is COc1cccc(NC(=O)CSc2ccccc2C(=O)OCC(=O)C(C)(C)C)c1. The largest absolute Gasteiger partial charge is 0.497 e. The Labute approximate surface area is 175 Å². The molecule has 29 heavy (non-hydrogen) atoms. The summed E-state index contributed by atoms with van der Waals surface area (Å²) in [7, 11) is 1.56. The first kappa shape index (κ1) is 22.5. The number of thioether (sulfide) groups is 1. The predicted octanol–water partition coefficient (Wildman–Crippen LogP) is 4.20. The summed E-state index contributed by atoms with van der Waals surface area (Å²) in [5.74, 6) is -0.196. The van der Waals surface area contributed by atoms with Gasteiger partial charge in [-0.3, -0.25) is 9.59 Å². The highest BCUT2D eigenvalue weighted by Gasteiger charge is 2.23. The molecular weight excluding hydrogens is 390 g/mol. The molecule has 2 rings (SSSR count). The Hall–Kier alpha value is -2.80. The van der Waals surface area contributed by atoms with Crippen molar-refractivity contribution in [2.75, 3.05) is 24.8 Å². The van der Waals surface area contributed by atoms with Crippen LogP contribution in [0.15, 0.2) is 53.4 Å². The van der Waals surface area contributed by atoms with E-state index in [1.807, 2.05) is 0 Å². The van der Waals surface area contributed by atoms with E-state index < -0.39 is 11.4 Å². The number of carbonyl (C=O) groups is 3. The van der Waals surface area contributed by atoms with E-state index in [1.165, 1.54) is 11.8 Å². The third-order valence-electron chi connectivity index (χ3n) is 3.99. The highest BCUT2D eigenvalue weighted by molar-refractivity contribution is 8.00. The van der Waals surface area contributed by atoms with Crippen molar-refractivity contribution >= 4 is 35.1 Å². The van der Waals surface area contributed by atoms with Crippen LogP contribution in [-0.4, -0.2) is 37.1 Å². The summed E-state index contributed by atoms with van der Waals surface area (Å²) in [4.78, 5) is 37.2. The molecule has 0 heterocycles. The zero-order valence-corrected chi connectivity index (χ0v) is 17.8. The number of esters is 1. The molecule has 0 spiro atoms. The summed E-state index contributed by atoms with van der Waals surface area (Å²) >= 11 is 1.22. The number of amides is 1. The third kappa shape index (κ3) is 6.94. The topological polar surface area (TPSA) is 81.7 Å². The molecule has 0 aliphatic carbocycles. The summed E-state index contributed by atoms with van der Waals surface area (Å²) in [5.41, 5.74) is 0.379. The van der Waals surface area contributed by atoms with Gasteiger partial charge >= 0.3 is 5.97 Å². The molecule has 0 saturated heterocycles. The number of Topliss-reactive ketones (excluding diaryl/α,β-unsaturated/α-hetero) is 1. The van der Waals surface area contributed by atoms with Crippen LogP contribution >= 0.6 is 11.8 Å². The molecule has 7 heteroatoms. The van der Waals surface area contributed by atoms with Crippen LogP contribution in [0.25, 0.3) is 0 Å². The zero-order valence-electron chi connectivity index (χ0n) is 17.0. The highest BCUT2D eigenvalue weighted by Crippen LogP contribution is 2.24. The number of hydrogen-bond acceptors (Lipinski definition) is 6. The number of carbonyl (C=O) groups excluding carboxylic acids is 3. The van der Waals surface area contributed by atoms with Gasteiger partial charge in [0, 0.05) is 22.1 Å². The second-order valence-electron chi connectivity index (χ2n) is 7.31. The number of nitrogens with one attached hydrogen (secondary N) is 1. The van der Waals surface area contributed by atoms with Crippen LogP contribution in [0.4, 0.5) is 5.69 Å². The number of ketones is 1. The number of rotatable bonds is 8. The van der Waals surface area contributed by atoms with Crippen LogP contribution in [0.5, 0.6) is 5.75 Å². The minimum Gasteiger partial charge on any atom is -0.497 e. The van der Waals surface area contributed by atoms with Gasteiger partial charge in [-0.05, 0) is 24.3 Å². The van der Waals surface area contributed by atoms with E-state index in [2.05, 4.69) is 5.32 Å². The molecule has 2 aromatic rings. The van der Waals surface area contributed by atoms with E-state index in [0.29, 0.717) is 21.9 Å². The first-order valence-corrected chi connectivity index (χ1v) is 10.1. The molecule has 0 atom stereocenters. The number of hydrogen-bond donors (Lipinski definition) is 1. The number of anilines is 1. The monoisotopic (exact) mass is 415 g/mol. The van der Waals surface area contributed by atoms with Gasteiger partial charge in [0.2, 0.25) is 5.91 Å². The molecule has 0 aliphatic rings. The average Bonchev–Trinajstić information content (AvgIpc) is 2.69. The minimum atomic E-state index is -0.584. The summed E-state index contributed by atoms with van der Waals surface area (Å²) in [6, 6.07) is 13.9. The lowest BCUT2D eigenvalue weighted by atomic mass is 9.91. The molecule has 0 unspecified atom stereocenters. The van der Waals surface area contributed by atoms with Crippen molar-refractivity contribution in [3.8, 4) is 5.75 Å². The molecule has 154 valence electrons. The Balaban J connectivity index is 1.96. The molecule has 0 radical (unpaired) electrons. The quantitative estimate of drug-likeness (QED) is 0.514. The van der Waals surface area contributed by atoms with Crippen LogP contribution < -0.4 is 10.1 Å². The minimum absolute atomic E-state index is 0.114. The van der Waals surface area contributed by atoms with Crippen LogP contribution in [0, 0.1) is 5.41 Å².